The Hall–Kier alpha value is -1.65. The molecule has 1 N–H and O–H groups in total. The number of nitrogens with zero attached hydrogens (tertiary/aromatic N) is 2. The first-order chi connectivity index (χ1) is 9.56. The lowest BCUT2D eigenvalue weighted by Crippen LogP contribution is -2.33. The summed E-state index contributed by atoms with van der Waals surface area (Å²) >= 11 is 0. The van der Waals surface area contributed by atoms with E-state index in [2.05, 4.69) is 9.97 Å². The molecule has 5 nitrogen and oxygen atoms in total. The molecule has 1 aliphatic heterocycles. The molecule has 0 spiro atoms. The van der Waals surface area contributed by atoms with Crippen molar-refractivity contribution >= 4 is 5.91 Å². The van der Waals surface area contributed by atoms with Crippen LogP contribution in [0.2, 0.25) is 0 Å². The van der Waals surface area contributed by atoms with Crippen LogP contribution in [0.4, 0.5) is 0 Å². The summed E-state index contributed by atoms with van der Waals surface area (Å²) in [6.07, 6.45) is 3.90. The van der Waals surface area contributed by atoms with Crippen molar-refractivity contribution in [2.24, 2.45) is 5.92 Å². The van der Waals surface area contributed by atoms with Gasteiger partial charge in [-0.2, -0.15) is 0 Å². The van der Waals surface area contributed by atoms with Crippen molar-refractivity contribution in [3.05, 3.63) is 27.9 Å². The number of carbonyl (C=O) groups excluding carboxylic acids is 1. The molecule has 5 heteroatoms. The average Bonchev–Trinajstić information content (AvgIpc) is 3.14. The van der Waals surface area contributed by atoms with Crippen LogP contribution in [-0.4, -0.2) is 27.3 Å². The van der Waals surface area contributed by atoms with Crippen LogP contribution in [0.5, 0.6) is 0 Å². The third kappa shape index (κ3) is 2.49. The maximum Gasteiger partial charge on any atom is 0.251 e. The van der Waals surface area contributed by atoms with Gasteiger partial charge in [-0.3, -0.25) is 9.59 Å². The van der Waals surface area contributed by atoms with Gasteiger partial charge in [0.1, 0.15) is 5.82 Å². The van der Waals surface area contributed by atoms with Crippen molar-refractivity contribution in [3.8, 4) is 0 Å². The second-order valence-electron chi connectivity index (χ2n) is 6.17. The van der Waals surface area contributed by atoms with Crippen molar-refractivity contribution < 1.29 is 4.79 Å². The van der Waals surface area contributed by atoms with Crippen LogP contribution in [0.3, 0.4) is 0 Å². The molecule has 20 heavy (non-hydrogen) atoms. The summed E-state index contributed by atoms with van der Waals surface area (Å²) in [7, 11) is 0. The molecule has 3 rings (SSSR count). The van der Waals surface area contributed by atoms with E-state index in [0.29, 0.717) is 5.82 Å². The van der Waals surface area contributed by atoms with Gasteiger partial charge in [0.25, 0.3) is 5.56 Å². The summed E-state index contributed by atoms with van der Waals surface area (Å²) in [5.74, 6) is 1.33. The van der Waals surface area contributed by atoms with E-state index in [1.165, 1.54) is 0 Å². The Balaban J connectivity index is 1.90. The fraction of sp³-hybridized carbons (Fsp3) is 0.667. The Labute approximate surface area is 118 Å². The number of aromatic amines is 1. The van der Waals surface area contributed by atoms with E-state index in [9.17, 15) is 9.59 Å². The maximum atomic E-state index is 12.3. The number of rotatable bonds is 3. The molecule has 0 unspecified atom stereocenters. The van der Waals surface area contributed by atoms with Crippen molar-refractivity contribution in [2.75, 3.05) is 6.54 Å². The van der Waals surface area contributed by atoms with E-state index in [-0.39, 0.29) is 29.3 Å². The van der Waals surface area contributed by atoms with E-state index in [4.69, 9.17) is 0 Å². The molecule has 1 saturated carbocycles. The lowest BCUT2D eigenvalue weighted by atomic mass is 10.1. The summed E-state index contributed by atoms with van der Waals surface area (Å²) < 4.78 is 0. The molecular weight excluding hydrogens is 254 g/mol. The van der Waals surface area contributed by atoms with Gasteiger partial charge in [-0.25, -0.2) is 4.98 Å². The van der Waals surface area contributed by atoms with Gasteiger partial charge < -0.3 is 9.88 Å². The van der Waals surface area contributed by atoms with Crippen LogP contribution < -0.4 is 5.56 Å². The highest BCUT2D eigenvalue weighted by Crippen LogP contribution is 2.37. The predicted octanol–water partition coefficient (Wildman–Crippen LogP) is 1.97. The summed E-state index contributed by atoms with van der Waals surface area (Å²) in [4.78, 5) is 33.4. The highest BCUT2D eigenvalue weighted by molar-refractivity contribution is 5.81. The van der Waals surface area contributed by atoms with E-state index in [1.54, 1.807) is 6.07 Å². The van der Waals surface area contributed by atoms with E-state index >= 15 is 0 Å². The van der Waals surface area contributed by atoms with Gasteiger partial charge in [-0.1, -0.05) is 13.8 Å². The molecule has 108 valence electrons. The summed E-state index contributed by atoms with van der Waals surface area (Å²) in [5.41, 5.74) is 0.680. The summed E-state index contributed by atoms with van der Waals surface area (Å²) in [6.45, 7) is 4.83. The zero-order valence-electron chi connectivity index (χ0n) is 12.1. The number of aromatic nitrogens is 2. The number of H-pyrrole nitrogens is 1. The lowest BCUT2D eigenvalue weighted by Gasteiger charge is -2.24. The average molecular weight is 275 g/mol. The molecular formula is C15H21N3O2. The SMILES string of the molecule is CC(C)c1cc(=O)[nH]c([C@H]2CCCN2C(=O)C2CC2)n1. The van der Waals surface area contributed by atoms with Gasteiger partial charge in [0.2, 0.25) is 5.91 Å². The van der Waals surface area contributed by atoms with Crippen LogP contribution in [-0.2, 0) is 4.79 Å². The van der Waals surface area contributed by atoms with Crippen LogP contribution in [0, 0.1) is 5.92 Å². The largest absolute Gasteiger partial charge is 0.332 e. The minimum absolute atomic E-state index is 0.0468. The van der Waals surface area contributed by atoms with Gasteiger partial charge in [0.05, 0.1) is 11.7 Å². The standard InChI is InChI=1S/C15H21N3O2/c1-9(2)11-8-13(19)17-14(16-11)12-4-3-7-18(12)15(20)10-5-6-10/h8-10,12H,3-7H2,1-2H3,(H,16,17,19)/t12-/m1/s1. The first kappa shape index (κ1) is 13.3. The molecule has 1 amide bonds. The summed E-state index contributed by atoms with van der Waals surface area (Å²) in [5, 5.41) is 0. The van der Waals surface area contributed by atoms with Crippen molar-refractivity contribution in [2.45, 2.75) is 51.5 Å². The second-order valence-corrected chi connectivity index (χ2v) is 6.17. The van der Waals surface area contributed by atoms with Crippen LogP contribution in [0.15, 0.2) is 10.9 Å². The molecule has 2 aliphatic rings. The Kier molecular flexibility index (Phi) is 3.36. The summed E-state index contributed by atoms with van der Waals surface area (Å²) in [6, 6.07) is 1.50. The molecule has 1 aliphatic carbocycles. The monoisotopic (exact) mass is 275 g/mol. The van der Waals surface area contributed by atoms with Gasteiger partial charge in [-0.05, 0) is 31.6 Å². The van der Waals surface area contributed by atoms with Gasteiger partial charge in [-0.15, -0.1) is 0 Å². The number of carbonyl (C=O) groups is 1. The first-order valence-electron chi connectivity index (χ1n) is 7.48. The molecule has 2 heterocycles. The van der Waals surface area contributed by atoms with Gasteiger partial charge in [0.15, 0.2) is 0 Å². The zero-order valence-corrected chi connectivity index (χ0v) is 12.1. The van der Waals surface area contributed by atoms with Gasteiger partial charge >= 0.3 is 0 Å². The van der Waals surface area contributed by atoms with Crippen LogP contribution in [0.1, 0.15) is 63.0 Å². The molecule has 1 aromatic heterocycles. The van der Waals surface area contributed by atoms with Crippen molar-refractivity contribution in [1.82, 2.24) is 14.9 Å². The maximum absolute atomic E-state index is 12.3. The van der Waals surface area contributed by atoms with Crippen molar-refractivity contribution in [1.29, 1.82) is 0 Å². The molecule has 1 aromatic rings. The second kappa shape index (κ2) is 5.04. The molecule has 0 bridgehead atoms. The smallest absolute Gasteiger partial charge is 0.251 e. The number of likely N-dealkylation sites (tertiary alicyclic amines) is 1. The van der Waals surface area contributed by atoms with Crippen molar-refractivity contribution in [3.63, 3.8) is 0 Å². The predicted molar refractivity (Wildman–Crippen MR) is 75.4 cm³/mol. The number of nitrogens with one attached hydrogen (secondary N) is 1. The number of amides is 1. The van der Waals surface area contributed by atoms with E-state index in [1.807, 2.05) is 18.7 Å². The quantitative estimate of drug-likeness (QED) is 0.917. The Morgan fingerprint density at radius 2 is 2.15 bits per heavy atom. The molecule has 0 aromatic carbocycles. The zero-order chi connectivity index (χ0) is 14.3. The number of hydrogen-bond donors (Lipinski definition) is 1. The number of hydrogen-bond acceptors (Lipinski definition) is 3. The highest BCUT2D eigenvalue weighted by Gasteiger charge is 2.39. The molecule has 1 saturated heterocycles. The minimum Gasteiger partial charge on any atom is -0.332 e. The molecule has 1 atom stereocenters. The Morgan fingerprint density at radius 3 is 2.80 bits per heavy atom. The Bertz CT molecular complexity index is 575. The third-order valence-corrected chi connectivity index (χ3v) is 4.15. The highest BCUT2D eigenvalue weighted by atomic mass is 16.2. The normalized spacial score (nSPS) is 22.6. The lowest BCUT2D eigenvalue weighted by molar-refractivity contribution is -0.133. The van der Waals surface area contributed by atoms with Crippen LogP contribution in [0.25, 0.3) is 0 Å². The third-order valence-electron chi connectivity index (χ3n) is 4.15. The van der Waals surface area contributed by atoms with Crippen LogP contribution >= 0.6 is 0 Å². The topological polar surface area (TPSA) is 66.1 Å². The molecule has 2 fully saturated rings. The fourth-order valence-electron chi connectivity index (χ4n) is 2.83. The first-order valence-corrected chi connectivity index (χ1v) is 7.48. The molecule has 0 radical (unpaired) electrons. The van der Waals surface area contributed by atoms with E-state index in [0.717, 1.165) is 37.9 Å². The van der Waals surface area contributed by atoms with Gasteiger partial charge in [0, 0.05) is 18.5 Å². The fourth-order valence-corrected chi connectivity index (χ4v) is 2.83. The minimum atomic E-state index is -0.121. The van der Waals surface area contributed by atoms with E-state index < -0.39 is 0 Å². The Morgan fingerprint density at radius 1 is 1.40 bits per heavy atom.